The molecule has 0 bridgehead atoms. The molecule has 8 heteroatoms. The zero-order valence-electron chi connectivity index (χ0n) is 21.1. The Morgan fingerprint density at radius 2 is 1.64 bits per heavy atom. The Balaban J connectivity index is 0.00000353. The highest BCUT2D eigenvalue weighted by Gasteiger charge is 2.31. The smallest absolute Gasteiger partial charge is 0.310 e. The van der Waals surface area contributed by atoms with E-state index in [0.717, 1.165) is 15.6 Å². The summed E-state index contributed by atoms with van der Waals surface area (Å²) in [6.45, 7) is 2.06. The number of carbonyl (C=O) groups is 2. The van der Waals surface area contributed by atoms with Crippen molar-refractivity contribution in [3.63, 3.8) is 0 Å². The van der Waals surface area contributed by atoms with E-state index in [0.29, 0.717) is 21.0 Å². The molecule has 0 aliphatic heterocycles. The van der Waals surface area contributed by atoms with E-state index in [1.54, 1.807) is 43.0 Å². The van der Waals surface area contributed by atoms with Crippen molar-refractivity contribution in [2.75, 3.05) is 6.61 Å². The number of ketones is 1. The number of hydrogen-bond acceptors (Lipinski definition) is 5. The third-order valence-corrected chi connectivity index (χ3v) is 8.85. The van der Waals surface area contributed by atoms with E-state index in [4.69, 9.17) is 16.3 Å². The Labute approximate surface area is 258 Å². The van der Waals surface area contributed by atoms with Crippen molar-refractivity contribution in [3.8, 4) is 5.69 Å². The number of nitrogens with zero attached hydrogens (tertiary/aromatic N) is 1. The van der Waals surface area contributed by atoms with Gasteiger partial charge in [0.25, 0.3) is 0 Å². The van der Waals surface area contributed by atoms with Crippen molar-refractivity contribution in [2.45, 2.75) is 23.3 Å². The van der Waals surface area contributed by atoms with Gasteiger partial charge in [0.2, 0.25) is 11.5 Å². The molecule has 5 aromatic rings. The highest BCUT2D eigenvalue weighted by Crippen LogP contribution is 2.40. The van der Waals surface area contributed by atoms with Crippen LogP contribution in [0.15, 0.2) is 102 Å². The topological polar surface area (TPSA) is 47.3 Å². The van der Waals surface area contributed by atoms with Gasteiger partial charge in [0.1, 0.15) is 4.21 Å². The molecule has 0 aliphatic rings. The summed E-state index contributed by atoms with van der Waals surface area (Å²) in [6.07, 6.45) is 3.88. The fraction of sp³-hybridized carbons (Fsp3) is 0.129. The van der Waals surface area contributed by atoms with E-state index in [-0.39, 0.29) is 48.8 Å². The van der Waals surface area contributed by atoms with E-state index >= 15 is 0 Å². The van der Waals surface area contributed by atoms with Gasteiger partial charge in [-0.2, -0.15) is 4.57 Å². The van der Waals surface area contributed by atoms with Gasteiger partial charge in [-0.25, -0.2) is 0 Å². The number of halogens is 2. The van der Waals surface area contributed by atoms with Crippen molar-refractivity contribution in [1.82, 2.24) is 0 Å². The van der Waals surface area contributed by atoms with Crippen LogP contribution in [0.4, 0.5) is 0 Å². The molecule has 0 unspecified atom stereocenters. The summed E-state index contributed by atoms with van der Waals surface area (Å²) in [5.74, 6) is 0.222. The van der Waals surface area contributed by atoms with Gasteiger partial charge in [0, 0.05) is 28.5 Å². The highest BCUT2D eigenvalue weighted by atomic mass is 127. The Morgan fingerprint density at radius 3 is 2.36 bits per heavy atom. The molecule has 0 amide bonds. The van der Waals surface area contributed by atoms with Crippen molar-refractivity contribution in [2.24, 2.45) is 0 Å². The van der Waals surface area contributed by atoms with Gasteiger partial charge in [-0.3, -0.25) is 9.59 Å². The van der Waals surface area contributed by atoms with Gasteiger partial charge >= 0.3 is 5.97 Å². The van der Waals surface area contributed by atoms with E-state index in [2.05, 4.69) is 30.3 Å². The molecular formula is C31H25ClINO3S2. The second-order valence-electron chi connectivity index (χ2n) is 8.62. The first-order valence-corrected chi connectivity index (χ1v) is 14.4. The lowest BCUT2D eigenvalue weighted by atomic mass is 10.0. The Kier molecular flexibility index (Phi) is 10.2. The minimum Gasteiger partial charge on any atom is -1.00 e. The van der Waals surface area contributed by atoms with Crippen LogP contribution in [0.25, 0.3) is 16.5 Å². The molecule has 0 spiro atoms. The third kappa shape index (κ3) is 6.90. The van der Waals surface area contributed by atoms with Gasteiger partial charge in [0.05, 0.1) is 23.5 Å². The van der Waals surface area contributed by atoms with Crippen molar-refractivity contribution >= 4 is 57.2 Å². The number of pyridine rings is 1. The number of ether oxygens (including phenoxy) is 1. The monoisotopic (exact) mass is 685 g/mol. The Hall–Kier alpha value is -2.72. The van der Waals surface area contributed by atoms with Gasteiger partial charge in [-0.15, -0.1) is 23.1 Å². The fourth-order valence-corrected chi connectivity index (χ4v) is 6.90. The van der Waals surface area contributed by atoms with Crippen LogP contribution in [0.3, 0.4) is 0 Å². The largest absolute Gasteiger partial charge is 1.00 e. The second kappa shape index (κ2) is 13.6. The SMILES string of the molecule is CCOC(=O)Cc1c(C(=O)c2ccc(Cl)cc2)sc(SCc2ccc3ccccc3c2)c1-[n+]1ccccc1.[I-]. The Morgan fingerprint density at radius 1 is 0.923 bits per heavy atom. The molecule has 2 heterocycles. The molecule has 2 aromatic heterocycles. The standard InChI is InChI=1S/C31H25ClNO3S2.HI/c1-2-36-27(34)19-26-28(33-16-6-3-7-17-33)31(38-30(26)29(35)23-12-14-25(32)15-13-23)37-20-21-10-11-22-8-4-5-9-24(22)18-21;/h3-18H,2,19-20H2,1H3;1H/q+1;/p-1. The lowest BCUT2D eigenvalue weighted by molar-refractivity contribution is -0.598. The summed E-state index contributed by atoms with van der Waals surface area (Å²) in [4.78, 5) is 27.0. The number of fused-ring (bicyclic) bond motifs is 1. The van der Waals surface area contributed by atoms with E-state index in [1.165, 1.54) is 27.7 Å². The summed E-state index contributed by atoms with van der Waals surface area (Å²) in [7, 11) is 0. The number of thiophene rings is 1. The zero-order chi connectivity index (χ0) is 26.5. The van der Waals surface area contributed by atoms with E-state index in [9.17, 15) is 9.59 Å². The van der Waals surface area contributed by atoms with Crippen LogP contribution in [-0.2, 0) is 21.7 Å². The number of esters is 1. The first-order valence-electron chi connectivity index (χ1n) is 12.2. The normalized spacial score (nSPS) is 10.7. The molecule has 3 aromatic carbocycles. The first kappa shape index (κ1) is 29.3. The number of thioether (sulfide) groups is 1. The fourth-order valence-electron chi connectivity index (χ4n) is 4.25. The molecule has 0 fully saturated rings. The van der Waals surface area contributed by atoms with Crippen molar-refractivity contribution in [3.05, 3.63) is 124 Å². The van der Waals surface area contributed by atoms with Crippen LogP contribution < -0.4 is 28.5 Å². The summed E-state index contributed by atoms with van der Waals surface area (Å²) >= 11 is 9.16. The number of benzene rings is 3. The van der Waals surface area contributed by atoms with E-state index < -0.39 is 0 Å². The molecule has 198 valence electrons. The van der Waals surface area contributed by atoms with E-state index in [1.807, 2.05) is 47.3 Å². The molecule has 0 saturated carbocycles. The summed E-state index contributed by atoms with van der Waals surface area (Å²) in [5.41, 5.74) is 3.22. The van der Waals surface area contributed by atoms with Crippen LogP contribution in [0.2, 0.25) is 5.02 Å². The highest BCUT2D eigenvalue weighted by molar-refractivity contribution is 8.00. The summed E-state index contributed by atoms with van der Waals surface area (Å²) < 4.78 is 8.24. The quantitative estimate of drug-likeness (QED) is 0.0757. The average Bonchev–Trinajstić information content (AvgIpc) is 3.30. The predicted octanol–water partition coefficient (Wildman–Crippen LogP) is 4.46. The molecule has 4 nitrogen and oxygen atoms in total. The summed E-state index contributed by atoms with van der Waals surface area (Å²) in [6, 6.07) is 27.4. The van der Waals surface area contributed by atoms with Gasteiger partial charge < -0.3 is 28.7 Å². The average molecular weight is 686 g/mol. The maximum atomic E-state index is 13.7. The van der Waals surface area contributed by atoms with Crippen molar-refractivity contribution < 1.29 is 42.9 Å². The molecule has 0 aliphatic carbocycles. The van der Waals surface area contributed by atoms with Gasteiger partial charge in [0.15, 0.2) is 12.4 Å². The molecule has 5 rings (SSSR count). The van der Waals surface area contributed by atoms with Crippen LogP contribution in [-0.4, -0.2) is 18.4 Å². The van der Waals surface area contributed by atoms with Crippen LogP contribution in [0, 0.1) is 0 Å². The molecule has 0 saturated heterocycles. The third-order valence-electron chi connectivity index (χ3n) is 6.04. The lowest BCUT2D eigenvalue weighted by Gasteiger charge is -2.06. The van der Waals surface area contributed by atoms with Crippen LogP contribution in [0.1, 0.15) is 33.3 Å². The predicted molar refractivity (Wildman–Crippen MR) is 155 cm³/mol. The maximum absolute atomic E-state index is 13.7. The lowest BCUT2D eigenvalue weighted by Crippen LogP contribution is -3.00. The zero-order valence-corrected chi connectivity index (χ0v) is 25.6. The summed E-state index contributed by atoms with van der Waals surface area (Å²) in [5, 5.41) is 2.95. The minimum atomic E-state index is -0.362. The van der Waals surface area contributed by atoms with Gasteiger partial charge in [-0.1, -0.05) is 60.1 Å². The first-order chi connectivity index (χ1) is 18.5. The van der Waals surface area contributed by atoms with Crippen LogP contribution in [0.5, 0.6) is 0 Å². The number of carbonyl (C=O) groups excluding carboxylic acids is 2. The molecule has 0 N–H and O–H groups in total. The number of aromatic nitrogens is 1. The second-order valence-corrected chi connectivity index (χ2v) is 11.3. The Bertz CT molecular complexity index is 1600. The maximum Gasteiger partial charge on any atom is 0.310 e. The molecule has 39 heavy (non-hydrogen) atoms. The molecule has 0 radical (unpaired) electrons. The minimum absolute atomic E-state index is 0. The van der Waals surface area contributed by atoms with Crippen LogP contribution >= 0.6 is 34.7 Å². The molecule has 0 atom stereocenters. The number of hydrogen-bond donors (Lipinski definition) is 0. The van der Waals surface area contributed by atoms with Crippen molar-refractivity contribution in [1.29, 1.82) is 0 Å². The molecular weight excluding hydrogens is 661 g/mol. The van der Waals surface area contributed by atoms with Gasteiger partial charge in [-0.05, 0) is 47.5 Å². The number of rotatable bonds is 9.